The Labute approximate surface area is 145 Å². The molecule has 0 aliphatic rings. The molecule has 3 N–H and O–H groups in total. The molecule has 0 unspecified atom stereocenters. The zero-order valence-electron chi connectivity index (χ0n) is 15.7. The zero-order valence-corrected chi connectivity index (χ0v) is 15.7. The second-order valence-electron chi connectivity index (χ2n) is 6.94. The van der Waals surface area contributed by atoms with Gasteiger partial charge >= 0.3 is 0 Å². The van der Waals surface area contributed by atoms with E-state index in [1.54, 1.807) is 0 Å². The minimum atomic E-state index is -0.0130. The van der Waals surface area contributed by atoms with Crippen molar-refractivity contribution in [3.05, 3.63) is 51.6 Å². The average molecular weight is 330 g/mol. The molecule has 1 rings (SSSR count). The number of hydrogen-bond donors (Lipinski definition) is 3. The third kappa shape index (κ3) is 5.19. The van der Waals surface area contributed by atoms with Crippen molar-refractivity contribution >= 4 is 0 Å². The van der Waals surface area contributed by atoms with Crippen molar-refractivity contribution in [3.63, 3.8) is 0 Å². The highest BCUT2D eigenvalue weighted by Gasteiger charge is 2.21. The minimum absolute atomic E-state index is 0.0130. The van der Waals surface area contributed by atoms with Crippen molar-refractivity contribution in [2.45, 2.75) is 60.8 Å². The molecule has 0 heterocycles. The van der Waals surface area contributed by atoms with Crippen LogP contribution >= 0.6 is 0 Å². The van der Waals surface area contributed by atoms with Gasteiger partial charge in [-0.05, 0) is 60.8 Å². The molecule has 0 fully saturated rings. The number of aromatic hydroxyl groups is 3. The fraction of sp³-hybridized carbons (Fsp3) is 0.429. The normalized spacial score (nSPS) is 10.2. The largest absolute Gasteiger partial charge is 0.507 e. The Bertz CT molecular complexity index is 563. The summed E-state index contributed by atoms with van der Waals surface area (Å²) in [6, 6.07) is 0. The quantitative estimate of drug-likeness (QED) is 0.618. The summed E-state index contributed by atoms with van der Waals surface area (Å²) < 4.78 is 0. The SMILES string of the molecule is CC(C)=CCc1c(O)c(CC=C(C)C)c(O)c(CC=C(C)C)c1O. The van der Waals surface area contributed by atoms with Crippen LogP contribution in [0.1, 0.15) is 58.2 Å². The average Bonchev–Trinajstić information content (AvgIpc) is 2.45. The summed E-state index contributed by atoms with van der Waals surface area (Å²) >= 11 is 0. The molecule has 0 aliphatic carbocycles. The molecule has 0 saturated heterocycles. The van der Waals surface area contributed by atoms with E-state index < -0.39 is 0 Å². The van der Waals surface area contributed by atoms with Crippen LogP contribution in [0.5, 0.6) is 17.2 Å². The standard InChI is InChI=1S/C21H30O3/c1-13(2)7-10-16-19(22)17(11-8-14(3)4)21(24)18(20(16)23)12-9-15(5)6/h7-9,22-24H,10-12H2,1-6H3. The van der Waals surface area contributed by atoms with Gasteiger partial charge in [-0.2, -0.15) is 0 Å². The molecular formula is C21H30O3. The molecule has 132 valence electrons. The second kappa shape index (κ2) is 8.62. The maximum absolute atomic E-state index is 10.6. The van der Waals surface area contributed by atoms with Crippen molar-refractivity contribution in [2.24, 2.45) is 0 Å². The van der Waals surface area contributed by atoms with E-state index in [4.69, 9.17) is 0 Å². The van der Waals surface area contributed by atoms with Crippen LogP contribution in [-0.4, -0.2) is 15.3 Å². The summed E-state index contributed by atoms with van der Waals surface area (Å²) in [6.45, 7) is 11.8. The maximum atomic E-state index is 10.6. The minimum Gasteiger partial charge on any atom is -0.507 e. The van der Waals surface area contributed by atoms with Gasteiger partial charge < -0.3 is 15.3 Å². The Hall–Kier alpha value is -2.16. The van der Waals surface area contributed by atoms with Gasteiger partial charge in [0.2, 0.25) is 0 Å². The predicted molar refractivity (Wildman–Crippen MR) is 101 cm³/mol. The lowest BCUT2D eigenvalue weighted by molar-refractivity contribution is 0.407. The Morgan fingerprint density at radius 2 is 0.750 bits per heavy atom. The molecule has 1 aromatic rings. The van der Waals surface area contributed by atoms with Gasteiger partial charge in [-0.3, -0.25) is 0 Å². The van der Waals surface area contributed by atoms with Gasteiger partial charge in [-0.25, -0.2) is 0 Å². The number of allylic oxidation sites excluding steroid dienone is 6. The monoisotopic (exact) mass is 330 g/mol. The highest BCUT2D eigenvalue weighted by atomic mass is 16.3. The summed E-state index contributed by atoms with van der Waals surface area (Å²) in [4.78, 5) is 0. The lowest BCUT2D eigenvalue weighted by Crippen LogP contribution is -1.98. The Morgan fingerprint density at radius 1 is 0.542 bits per heavy atom. The van der Waals surface area contributed by atoms with Gasteiger partial charge in [0.05, 0.1) is 0 Å². The molecule has 0 spiro atoms. The maximum Gasteiger partial charge on any atom is 0.130 e. The van der Waals surface area contributed by atoms with Crippen LogP contribution in [0.25, 0.3) is 0 Å². The molecule has 0 amide bonds. The fourth-order valence-corrected chi connectivity index (χ4v) is 2.38. The van der Waals surface area contributed by atoms with Crippen LogP contribution in [0.3, 0.4) is 0 Å². The first kappa shape index (κ1) is 19.9. The first-order chi connectivity index (χ1) is 11.1. The van der Waals surface area contributed by atoms with Crippen molar-refractivity contribution in [3.8, 4) is 17.2 Å². The van der Waals surface area contributed by atoms with E-state index >= 15 is 0 Å². The highest BCUT2D eigenvalue weighted by molar-refractivity contribution is 5.62. The molecule has 0 bridgehead atoms. The van der Waals surface area contributed by atoms with E-state index in [9.17, 15) is 15.3 Å². The molecule has 0 aliphatic heterocycles. The van der Waals surface area contributed by atoms with E-state index in [2.05, 4.69) is 0 Å². The van der Waals surface area contributed by atoms with E-state index in [1.165, 1.54) is 0 Å². The van der Waals surface area contributed by atoms with Gasteiger partial charge in [0.25, 0.3) is 0 Å². The fourth-order valence-electron chi connectivity index (χ4n) is 2.38. The molecule has 0 radical (unpaired) electrons. The molecule has 3 heteroatoms. The van der Waals surface area contributed by atoms with Crippen molar-refractivity contribution in [1.29, 1.82) is 0 Å². The molecular weight excluding hydrogens is 300 g/mol. The van der Waals surface area contributed by atoms with Crippen LogP contribution in [-0.2, 0) is 19.3 Å². The number of benzene rings is 1. The van der Waals surface area contributed by atoms with Crippen LogP contribution in [0, 0.1) is 0 Å². The summed E-state index contributed by atoms with van der Waals surface area (Å²) in [5, 5.41) is 31.8. The van der Waals surface area contributed by atoms with E-state index in [1.807, 2.05) is 59.8 Å². The lowest BCUT2D eigenvalue weighted by atomic mass is 9.93. The van der Waals surface area contributed by atoms with Gasteiger partial charge in [-0.1, -0.05) is 34.9 Å². The molecule has 0 aromatic heterocycles. The van der Waals surface area contributed by atoms with Crippen LogP contribution in [0.15, 0.2) is 34.9 Å². The third-order valence-electron chi connectivity index (χ3n) is 3.86. The van der Waals surface area contributed by atoms with Crippen molar-refractivity contribution in [2.75, 3.05) is 0 Å². The number of phenolic OH excluding ortho intramolecular Hbond substituents is 3. The lowest BCUT2D eigenvalue weighted by Gasteiger charge is -2.17. The number of hydrogen-bond acceptors (Lipinski definition) is 3. The van der Waals surface area contributed by atoms with Gasteiger partial charge in [0, 0.05) is 16.7 Å². The second-order valence-corrected chi connectivity index (χ2v) is 6.94. The van der Waals surface area contributed by atoms with E-state index in [0.29, 0.717) is 36.0 Å². The topological polar surface area (TPSA) is 60.7 Å². The number of rotatable bonds is 6. The van der Waals surface area contributed by atoms with Gasteiger partial charge in [-0.15, -0.1) is 0 Å². The summed E-state index contributed by atoms with van der Waals surface area (Å²) in [5.41, 5.74) is 4.76. The van der Waals surface area contributed by atoms with E-state index in [-0.39, 0.29) is 17.2 Å². The molecule has 1 aromatic carbocycles. The Kier molecular flexibility index (Phi) is 7.15. The smallest absolute Gasteiger partial charge is 0.130 e. The number of phenols is 3. The summed E-state index contributed by atoms with van der Waals surface area (Å²) in [6.07, 6.45) is 7.18. The molecule has 0 atom stereocenters. The zero-order chi connectivity index (χ0) is 18.4. The third-order valence-corrected chi connectivity index (χ3v) is 3.86. The van der Waals surface area contributed by atoms with Gasteiger partial charge in [0.15, 0.2) is 0 Å². The first-order valence-corrected chi connectivity index (χ1v) is 8.32. The Balaban J connectivity index is 3.54. The Morgan fingerprint density at radius 3 is 0.917 bits per heavy atom. The van der Waals surface area contributed by atoms with Crippen molar-refractivity contribution < 1.29 is 15.3 Å². The van der Waals surface area contributed by atoms with Crippen molar-refractivity contribution in [1.82, 2.24) is 0 Å². The van der Waals surface area contributed by atoms with Crippen LogP contribution < -0.4 is 0 Å². The summed E-state index contributed by atoms with van der Waals surface area (Å²) in [7, 11) is 0. The van der Waals surface area contributed by atoms with Crippen LogP contribution in [0.2, 0.25) is 0 Å². The first-order valence-electron chi connectivity index (χ1n) is 8.32. The van der Waals surface area contributed by atoms with Crippen LogP contribution in [0.4, 0.5) is 0 Å². The highest BCUT2D eigenvalue weighted by Crippen LogP contribution is 2.43. The van der Waals surface area contributed by atoms with Gasteiger partial charge in [0.1, 0.15) is 17.2 Å². The summed E-state index contributed by atoms with van der Waals surface area (Å²) in [5.74, 6) is -0.0390. The predicted octanol–water partition coefficient (Wildman–Crippen LogP) is 5.33. The molecule has 24 heavy (non-hydrogen) atoms. The molecule has 0 saturated carbocycles. The molecule has 3 nitrogen and oxygen atoms in total. The van der Waals surface area contributed by atoms with E-state index in [0.717, 1.165) is 16.7 Å².